The molecule has 166 valence electrons. The van der Waals surface area contributed by atoms with E-state index in [4.69, 9.17) is 14.2 Å². The van der Waals surface area contributed by atoms with Gasteiger partial charge in [0.2, 0.25) is 0 Å². The van der Waals surface area contributed by atoms with Crippen molar-refractivity contribution in [1.29, 1.82) is 0 Å². The molecule has 2 amide bonds. The maximum atomic E-state index is 12.8. The van der Waals surface area contributed by atoms with Crippen molar-refractivity contribution in [3.63, 3.8) is 0 Å². The molecule has 1 aromatic rings. The fourth-order valence-electron chi connectivity index (χ4n) is 2.99. The predicted octanol–water partition coefficient (Wildman–Crippen LogP) is 3.05. The molecule has 2 rings (SSSR count). The van der Waals surface area contributed by atoms with Gasteiger partial charge in [-0.05, 0) is 77.6 Å². The van der Waals surface area contributed by atoms with Crippen LogP contribution in [0.4, 0.5) is 4.79 Å². The first kappa shape index (κ1) is 23.5. The van der Waals surface area contributed by atoms with E-state index >= 15 is 0 Å². The van der Waals surface area contributed by atoms with Crippen LogP contribution in [-0.2, 0) is 14.3 Å². The number of carbonyl (C=O) groups is 3. The third-order valence-electron chi connectivity index (χ3n) is 4.43. The number of ether oxygens (including phenoxy) is 3. The number of amides is 2. The van der Waals surface area contributed by atoms with Crippen LogP contribution in [0.2, 0.25) is 0 Å². The first-order valence-corrected chi connectivity index (χ1v) is 10.3. The number of hydrogen-bond donors (Lipinski definition) is 2. The number of rotatable bonds is 9. The lowest BCUT2D eigenvalue weighted by atomic mass is 10.0. The number of hydrogen-bond acceptors (Lipinski definition) is 6. The Bertz CT molecular complexity index is 737. The molecule has 0 heterocycles. The Labute approximate surface area is 177 Å². The third kappa shape index (κ3) is 7.24. The molecule has 2 N–H and O–H groups in total. The van der Waals surface area contributed by atoms with E-state index in [0.717, 1.165) is 12.8 Å². The summed E-state index contributed by atoms with van der Waals surface area (Å²) < 4.78 is 15.9. The number of nitrogens with one attached hydrogen (secondary N) is 2. The monoisotopic (exact) mass is 420 g/mol. The molecule has 1 fully saturated rings. The van der Waals surface area contributed by atoms with Crippen molar-refractivity contribution in [2.45, 2.75) is 65.1 Å². The van der Waals surface area contributed by atoms with Gasteiger partial charge in [-0.15, -0.1) is 0 Å². The van der Waals surface area contributed by atoms with Crippen molar-refractivity contribution < 1.29 is 28.6 Å². The molecule has 1 aromatic carbocycles. The van der Waals surface area contributed by atoms with Gasteiger partial charge < -0.3 is 24.8 Å². The van der Waals surface area contributed by atoms with Crippen LogP contribution < -0.4 is 15.4 Å². The zero-order valence-electron chi connectivity index (χ0n) is 18.3. The summed E-state index contributed by atoms with van der Waals surface area (Å²) in [6.45, 7) is 9.53. The predicted molar refractivity (Wildman–Crippen MR) is 111 cm³/mol. The molecule has 1 aliphatic carbocycles. The van der Waals surface area contributed by atoms with Crippen molar-refractivity contribution in [1.82, 2.24) is 10.6 Å². The van der Waals surface area contributed by atoms with E-state index in [9.17, 15) is 14.4 Å². The quantitative estimate of drug-likeness (QED) is 0.595. The summed E-state index contributed by atoms with van der Waals surface area (Å²) in [5.41, 5.74) is -0.303. The van der Waals surface area contributed by atoms with Crippen LogP contribution in [0, 0.1) is 5.92 Å². The molecular weight excluding hydrogens is 388 g/mol. The van der Waals surface area contributed by atoms with Crippen LogP contribution >= 0.6 is 0 Å². The van der Waals surface area contributed by atoms with Gasteiger partial charge in [0, 0.05) is 5.56 Å². The number of carbonyl (C=O) groups excluding carboxylic acids is 3. The molecule has 0 aromatic heterocycles. The molecule has 0 unspecified atom stereocenters. The summed E-state index contributed by atoms with van der Waals surface area (Å²) in [4.78, 5) is 37.8. The van der Waals surface area contributed by atoms with Gasteiger partial charge in [0.15, 0.2) is 0 Å². The molecule has 0 radical (unpaired) electrons. The molecule has 2 atom stereocenters. The molecule has 0 aliphatic heterocycles. The minimum Gasteiger partial charge on any atom is -0.494 e. The molecule has 8 heteroatoms. The van der Waals surface area contributed by atoms with Crippen molar-refractivity contribution >= 4 is 18.0 Å². The highest BCUT2D eigenvalue weighted by Gasteiger charge is 2.43. The fraction of sp³-hybridized carbons (Fsp3) is 0.591. The highest BCUT2D eigenvalue weighted by atomic mass is 16.6. The zero-order chi connectivity index (χ0) is 22.3. The van der Waals surface area contributed by atoms with Crippen LogP contribution in [0.5, 0.6) is 5.75 Å². The minimum absolute atomic E-state index is 0.0626. The van der Waals surface area contributed by atoms with Crippen LogP contribution in [0.3, 0.4) is 0 Å². The summed E-state index contributed by atoms with van der Waals surface area (Å²) in [6, 6.07) is 4.98. The lowest BCUT2D eigenvalue weighted by molar-refractivity contribution is -0.146. The Morgan fingerprint density at radius 1 is 1.03 bits per heavy atom. The highest BCUT2D eigenvalue weighted by Crippen LogP contribution is 2.34. The fourth-order valence-corrected chi connectivity index (χ4v) is 2.99. The van der Waals surface area contributed by atoms with Crippen LogP contribution in [0.1, 0.15) is 57.8 Å². The number of alkyl carbamates (subject to hydrolysis) is 1. The largest absolute Gasteiger partial charge is 0.494 e. The molecular formula is C22H32N2O6. The summed E-state index contributed by atoms with van der Waals surface area (Å²) in [5, 5.41) is 5.50. The average Bonchev–Trinajstić information content (AvgIpc) is 3.49. The molecule has 1 saturated carbocycles. The van der Waals surface area contributed by atoms with E-state index in [0.29, 0.717) is 17.9 Å². The van der Waals surface area contributed by atoms with Gasteiger partial charge >= 0.3 is 12.1 Å². The summed E-state index contributed by atoms with van der Waals surface area (Å²) in [6.07, 6.45) is 1.05. The van der Waals surface area contributed by atoms with Gasteiger partial charge in [-0.2, -0.15) is 0 Å². The smallest absolute Gasteiger partial charge is 0.407 e. The summed E-state index contributed by atoms with van der Waals surface area (Å²) in [5.74, 6) is -0.316. The SMILES string of the molecule is CCOC(=O)[C@@H](NC(=O)c1ccc(OCC)cc1)[C@H](NC(=O)OC(C)(C)C)C1CC1. The Balaban J connectivity index is 2.17. The molecule has 0 bridgehead atoms. The van der Waals surface area contributed by atoms with E-state index < -0.39 is 35.7 Å². The van der Waals surface area contributed by atoms with Crippen molar-refractivity contribution in [2.75, 3.05) is 13.2 Å². The van der Waals surface area contributed by atoms with E-state index in [1.807, 2.05) is 6.92 Å². The lowest BCUT2D eigenvalue weighted by Crippen LogP contribution is -2.57. The molecule has 1 aliphatic rings. The molecule has 0 spiro atoms. The van der Waals surface area contributed by atoms with Gasteiger partial charge in [-0.25, -0.2) is 9.59 Å². The van der Waals surface area contributed by atoms with Crippen molar-refractivity contribution in [3.8, 4) is 5.75 Å². The molecule has 8 nitrogen and oxygen atoms in total. The first-order valence-electron chi connectivity index (χ1n) is 10.3. The Kier molecular flexibility index (Phi) is 8.08. The van der Waals surface area contributed by atoms with Gasteiger partial charge in [0.25, 0.3) is 5.91 Å². The second-order valence-corrected chi connectivity index (χ2v) is 8.17. The Morgan fingerprint density at radius 3 is 2.17 bits per heavy atom. The van der Waals surface area contributed by atoms with Gasteiger partial charge in [-0.3, -0.25) is 4.79 Å². The van der Waals surface area contributed by atoms with Crippen LogP contribution in [0.15, 0.2) is 24.3 Å². The van der Waals surface area contributed by atoms with Gasteiger partial charge in [0.1, 0.15) is 17.4 Å². The van der Waals surface area contributed by atoms with Crippen molar-refractivity contribution in [3.05, 3.63) is 29.8 Å². The van der Waals surface area contributed by atoms with E-state index in [-0.39, 0.29) is 12.5 Å². The highest BCUT2D eigenvalue weighted by molar-refractivity contribution is 5.97. The van der Waals surface area contributed by atoms with Crippen LogP contribution in [-0.4, -0.2) is 48.9 Å². The second-order valence-electron chi connectivity index (χ2n) is 8.17. The van der Waals surface area contributed by atoms with Gasteiger partial charge in [-0.1, -0.05) is 0 Å². The maximum absolute atomic E-state index is 12.8. The third-order valence-corrected chi connectivity index (χ3v) is 4.43. The van der Waals surface area contributed by atoms with E-state index in [1.165, 1.54) is 0 Å². The number of esters is 1. The zero-order valence-corrected chi connectivity index (χ0v) is 18.3. The van der Waals surface area contributed by atoms with E-state index in [2.05, 4.69) is 10.6 Å². The molecule has 0 saturated heterocycles. The topological polar surface area (TPSA) is 103 Å². The van der Waals surface area contributed by atoms with Crippen molar-refractivity contribution in [2.24, 2.45) is 5.92 Å². The average molecular weight is 421 g/mol. The second kappa shape index (κ2) is 10.3. The van der Waals surface area contributed by atoms with Gasteiger partial charge in [0.05, 0.1) is 19.3 Å². The summed E-state index contributed by atoms with van der Waals surface area (Å²) >= 11 is 0. The lowest BCUT2D eigenvalue weighted by Gasteiger charge is -2.29. The Hall–Kier alpha value is -2.77. The first-order chi connectivity index (χ1) is 14.1. The van der Waals surface area contributed by atoms with E-state index in [1.54, 1.807) is 52.0 Å². The number of benzene rings is 1. The molecule has 30 heavy (non-hydrogen) atoms. The normalized spacial score (nSPS) is 15.5. The maximum Gasteiger partial charge on any atom is 0.407 e. The minimum atomic E-state index is -1.02. The summed E-state index contributed by atoms with van der Waals surface area (Å²) in [7, 11) is 0. The Morgan fingerprint density at radius 2 is 1.67 bits per heavy atom. The van der Waals surface area contributed by atoms with Crippen LogP contribution in [0.25, 0.3) is 0 Å². The standard InChI is InChI=1S/C22H32N2O6/c1-6-28-16-12-10-15(11-13-16)19(25)23-18(20(26)29-7-2)17(14-8-9-14)24-21(27)30-22(3,4)5/h10-14,17-18H,6-9H2,1-5H3,(H,23,25)(H,24,27)/t17-,18+/m1/s1.